The van der Waals surface area contributed by atoms with E-state index in [1.807, 2.05) is 0 Å². The Labute approximate surface area is 88.1 Å². The smallest absolute Gasteiger partial charge is 0.306 e. The van der Waals surface area contributed by atoms with Gasteiger partial charge < -0.3 is 14.9 Å². The zero-order valence-corrected chi connectivity index (χ0v) is 8.73. The first-order valence-corrected chi connectivity index (χ1v) is 4.63. The minimum absolute atomic E-state index is 0.101. The van der Waals surface area contributed by atoms with E-state index in [4.69, 9.17) is 9.84 Å². The van der Waals surface area contributed by atoms with Gasteiger partial charge in [0.2, 0.25) is 0 Å². The molecule has 0 bridgehead atoms. The van der Waals surface area contributed by atoms with Crippen LogP contribution < -0.4 is 4.74 Å². The first-order valence-electron chi connectivity index (χ1n) is 4.63. The predicted molar refractivity (Wildman–Crippen MR) is 55.2 cm³/mol. The molecule has 0 heterocycles. The van der Waals surface area contributed by atoms with Crippen LogP contribution in [0.15, 0.2) is 18.2 Å². The van der Waals surface area contributed by atoms with Crippen molar-refractivity contribution in [3.8, 4) is 11.5 Å². The number of phenolic OH excluding ortho intramolecular Hbond substituents is 1. The maximum atomic E-state index is 10.7. The van der Waals surface area contributed by atoms with E-state index in [2.05, 4.69) is 0 Å². The molecule has 0 fully saturated rings. The summed E-state index contributed by atoms with van der Waals surface area (Å²) >= 11 is 0. The second-order valence-electron chi connectivity index (χ2n) is 3.44. The summed E-state index contributed by atoms with van der Waals surface area (Å²) in [6.45, 7) is 1.60. The third-order valence-corrected chi connectivity index (χ3v) is 2.23. The number of hydrogen-bond acceptors (Lipinski definition) is 3. The summed E-state index contributed by atoms with van der Waals surface area (Å²) in [6, 6.07) is 4.78. The first-order chi connectivity index (χ1) is 7.04. The highest BCUT2D eigenvalue weighted by molar-refractivity contribution is 5.70. The molecule has 4 nitrogen and oxygen atoms in total. The van der Waals surface area contributed by atoms with Gasteiger partial charge in [0.15, 0.2) is 0 Å². The molecule has 0 saturated carbocycles. The summed E-state index contributed by atoms with van der Waals surface area (Å²) in [4.78, 5) is 10.7. The van der Waals surface area contributed by atoms with Crippen LogP contribution in [0.5, 0.6) is 11.5 Å². The molecular formula is C11H14O4. The fourth-order valence-electron chi connectivity index (χ4n) is 1.27. The van der Waals surface area contributed by atoms with Gasteiger partial charge >= 0.3 is 5.97 Å². The molecule has 15 heavy (non-hydrogen) atoms. The van der Waals surface area contributed by atoms with Crippen molar-refractivity contribution in [3.05, 3.63) is 23.8 Å². The van der Waals surface area contributed by atoms with Crippen LogP contribution in [0.1, 0.15) is 12.5 Å². The Hall–Kier alpha value is -1.71. The SMILES string of the molecule is COc1ccc(O)c(CC(C)C(=O)O)c1. The average Bonchev–Trinajstić information content (AvgIpc) is 2.21. The highest BCUT2D eigenvalue weighted by Crippen LogP contribution is 2.25. The van der Waals surface area contributed by atoms with Crippen LogP contribution in [0.25, 0.3) is 0 Å². The minimum atomic E-state index is -0.878. The molecular weight excluding hydrogens is 196 g/mol. The zero-order valence-electron chi connectivity index (χ0n) is 8.73. The van der Waals surface area contributed by atoms with E-state index in [1.54, 1.807) is 19.1 Å². The lowest BCUT2D eigenvalue weighted by molar-refractivity contribution is -0.141. The third-order valence-electron chi connectivity index (χ3n) is 2.23. The molecule has 0 aliphatic rings. The van der Waals surface area contributed by atoms with Gasteiger partial charge in [-0.25, -0.2) is 0 Å². The van der Waals surface area contributed by atoms with E-state index in [9.17, 15) is 9.90 Å². The molecule has 1 aromatic carbocycles. The molecule has 2 N–H and O–H groups in total. The Morgan fingerprint density at radius 1 is 1.53 bits per heavy atom. The molecule has 1 rings (SSSR count). The van der Waals surface area contributed by atoms with Crippen molar-refractivity contribution in [2.45, 2.75) is 13.3 Å². The van der Waals surface area contributed by atoms with Gasteiger partial charge in [-0.15, -0.1) is 0 Å². The summed E-state index contributed by atoms with van der Waals surface area (Å²) in [5, 5.41) is 18.3. The lowest BCUT2D eigenvalue weighted by atomic mass is 10.0. The molecule has 0 amide bonds. The second kappa shape index (κ2) is 4.68. The van der Waals surface area contributed by atoms with Crippen LogP contribution >= 0.6 is 0 Å². The topological polar surface area (TPSA) is 66.8 Å². The summed E-state index contributed by atoms with van der Waals surface area (Å²) in [7, 11) is 1.52. The van der Waals surface area contributed by atoms with E-state index in [1.165, 1.54) is 13.2 Å². The number of phenols is 1. The van der Waals surface area contributed by atoms with Crippen molar-refractivity contribution < 1.29 is 19.7 Å². The monoisotopic (exact) mass is 210 g/mol. The number of ether oxygens (including phenoxy) is 1. The molecule has 0 aromatic heterocycles. The van der Waals surface area contributed by atoms with Gasteiger partial charge in [-0.05, 0) is 30.2 Å². The Balaban J connectivity index is 2.88. The van der Waals surface area contributed by atoms with E-state index < -0.39 is 11.9 Å². The van der Waals surface area contributed by atoms with Crippen LogP contribution in [-0.2, 0) is 11.2 Å². The number of methoxy groups -OCH3 is 1. The van der Waals surface area contributed by atoms with Crippen LogP contribution in [0.2, 0.25) is 0 Å². The van der Waals surface area contributed by atoms with Gasteiger partial charge in [-0.1, -0.05) is 6.92 Å². The van der Waals surface area contributed by atoms with Gasteiger partial charge in [-0.3, -0.25) is 4.79 Å². The minimum Gasteiger partial charge on any atom is -0.508 e. The Bertz CT molecular complexity index is 360. The van der Waals surface area contributed by atoms with Crippen LogP contribution in [0, 0.1) is 5.92 Å². The van der Waals surface area contributed by atoms with E-state index >= 15 is 0 Å². The van der Waals surface area contributed by atoms with Crippen molar-refractivity contribution >= 4 is 5.97 Å². The molecule has 0 radical (unpaired) electrons. The van der Waals surface area contributed by atoms with Crippen molar-refractivity contribution in [2.75, 3.05) is 7.11 Å². The maximum Gasteiger partial charge on any atom is 0.306 e. The average molecular weight is 210 g/mol. The van der Waals surface area contributed by atoms with Gasteiger partial charge in [0.05, 0.1) is 13.0 Å². The number of aliphatic carboxylic acids is 1. The lowest BCUT2D eigenvalue weighted by Crippen LogP contribution is -2.12. The normalized spacial score (nSPS) is 12.1. The number of carboxylic acids is 1. The van der Waals surface area contributed by atoms with Crippen molar-refractivity contribution in [1.29, 1.82) is 0 Å². The number of carboxylic acid groups (broad SMARTS) is 1. The number of aromatic hydroxyl groups is 1. The number of hydrogen-bond donors (Lipinski definition) is 2. The Morgan fingerprint density at radius 3 is 2.73 bits per heavy atom. The van der Waals surface area contributed by atoms with Crippen molar-refractivity contribution in [2.24, 2.45) is 5.92 Å². The molecule has 82 valence electrons. The molecule has 4 heteroatoms. The van der Waals surface area contributed by atoms with E-state index in [0.29, 0.717) is 17.7 Å². The van der Waals surface area contributed by atoms with Crippen LogP contribution in [-0.4, -0.2) is 23.3 Å². The standard InChI is InChI=1S/C11H14O4/c1-7(11(13)14)5-8-6-9(15-2)3-4-10(8)12/h3-4,6-7,12H,5H2,1-2H3,(H,13,14). The van der Waals surface area contributed by atoms with Gasteiger partial charge in [-0.2, -0.15) is 0 Å². The van der Waals surface area contributed by atoms with E-state index in [-0.39, 0.29) is 5.75 Å². The molecule has 0 saturated heterocycles. The van der Waals surface area contributed by atoms with Crippen LogP contribution in [0.4, 0.5) is 0 Å². The molecule has 1 atom stereocenters. The fraction of sp³-hybridized carbons (Fsp3) is 0.364. The highest BCUT2D eigenvalue weighted by Gasteiger charge is 2.14. The Kier molecular flexibility index (Phi) is 3.55. The van der Waals surface area contributed by atoms with E-state index in [0.717, 1.165) is 0 Å². The van der Waals surface area contributed by atoms with Crippen molar-refractivity contribution in [3.63, 3.8) is 0 Å². The fourth-order valence-corrected chi connectivity index (χ4v) is 1.27. The number of rotatable bonds is 4. The first kappa shape index (κ1) is 11.4. The highest BCUT2D eigenvalue weighted by atomic mass is 16.5. The maximum absolute atomic E-state index is 10.7. The summed E-state index contributed by atoms with van der Waals surface area (Å²) in [5.74, 6) is -0.690. The van der Waals surface area contributed by atoms with Crippen molar-refractivity contribution in [1.82, 2.24) is 0 Å². The van der Waals surface area contributed by atoms with Crippen LogP contribution in [0.3, 0.4) is 0 Å². The summed E-state index contributed by atoms with van der Waals surface area (Å²) < 4.78 is 4.99. The molecule has 1 aromatic rings. The Morgan fingerprint density at radius 2 is 2.20 bits per heavy atom. The molecule has 0 aliphatic carbocycles. The van der Waals surface area contributed by atoms with Gasteiger partial charge in [0.1, 0.15) is 11.5 Å². The third kappa shape index (κ3) is 2.87. The molecule has 1 unspecified atom stereocenters. The quantitative estimate of drug-likeness (QED) is 0.793. The number of benzene rings is 1. The zero-order chi connectivity index (χ0) is 11.4. The largest absolute Gasteiger partial charge is 0.508 e. The lowest BCUT2D eigenvalue weighted by Gasteiger charge is -2.09. The summed E-state index contributed by atoms with van der Waals surface area (Å²) in [6.07, 6.45) is 0.290. The molecule has 0 aliphatic heterocycles. The molecule has 0 spiro atoms. The second-order valence-corrected chi connectivity index (χ2v) is 3.44. The number of carbonyl (C=O) groups is 1. The van der Waals surface area contributed by atoms with Gasteiger partial charge in [0.25, 0.3) is 0 Å². The summed E-state index contributed by atoms with van der Waals surface area (Å²) in [5.41, 5.74) is 0.587. The predicted octanol–water partition coefficient (Wildman–Crippen LogP) is 1.66. The van der Waals surface area contributed by atoms with Gasteiger partial charge in [0, 0.05) is 0 Å².